The zero-order valence-corrected chi connectivity index (χ0v) is 30.0. The molecule has 4 aromatic heterocycles. The molecule has 0 radical (unpaired) electrons. The van der Waals surface area contributed by atoms with Gasteiger partial charge in [-0.05, 0) is 48.0 Å². The molecule has 0 aliphatic rings. The van der Waals surface area contributed by atoms with E-state index in [1.807, 2.05) is 91.1 Å². The zero-order chi connectivity index (χ0) is 37.0. The molecule has 11 rings (SSSR count). The fraction of sp³-hybridized carbons (Fsp3) is 0. The Labute approximate surface area is 322 Å². The summed E-state index contributed by atoms with van der Waals surface area (Å²) in [7, 11) is 0. The first kappa shape index (κ1) is 31.8. The first-order valence-electron chi connectivity index (χ1n) is 18.6. The largest absolute Gasteiger partial charge is 0.456 e. The van der Waals surface area contributed by atoms with Crippen LogP contribution in [0.2, 0.25) is 0 Å². The second kappa shape index (κ2) is 13.0. The van der Waals surface area contributed by atoms with E-state index < -0.39 is 0 Å². The van der Waals surface area contributed by atoms with Crippen molar-refractivity contribution >= 4 is 43.7 Å². The maximum Gasteiger partial charge on any atom is 0.166 e. The van der Waals surface area contributed by atoms with Gasteiger partial charge in [-0.15, -0.1) is 0 Å². The van der Waals surface area contributed by atoms with Gasteiger partial charge in [0.2, 0.25) is 0 Å². The smallest absolute Gasteiger partial charge is 0.166 e. The highest BCUT2D eigenvalue weighted by atomic mass is 16.3. The summed E-state index contributed by atoms with van der Waals surface area (Å²) in [5, 5.41) is 4.50. The Morgan fingerprint density at radius 3 is 1.66 bits per heavy atom. The molecule has 56 heavy (non-hydrogen) atoms. The molecule has 262 valence electrons. The lowest BCUT2D eigenvalue weighted by Crippen LogP contribution is -2.02. The van der Waals surface area contributed by atoms with Gasteiger partial charge in [0.05, 0.1) is 16.7 Å². The summed E-state index contributed by atoms with van der Waals surface area (Å²) in [6.45, 7) is 0. The number of rotatable bonds is 6. The molecule has 0 amide bonds. The number of benzene rings is 7. The highest BCUT2D eigenvalue weighted by Crippen LogP contribution is 2.41. The maximum absolute atomic E-state index is 6.72. The minimum atomic E-state index is 0.541. The van der Waals surface area contributed by atoms with E-state index in [-0.39, 0.29) is 0 Å². The molecule has 0 atom stereocenters. The van der Waals surface area contributed by atoms with E-state index in [4.69, 9.17) is 24.4 Å². The van der Waals surface area contributed by atoms with Crippen LogP contribution in [0.5, 0.6) is 0 Å². The first-order chi connectivity index (χ1) is 27.7. The second-order valence-electron chi connectivity index (χ2n) is 13.9. The van der Waals surface area contributed by atoms with E-state index in [1.165, 1.54) is 10.8 Å². The van der Waals surface area contributed by atoms with Crippen molar-refractivity contribution in [3.8, 4) is 62.2 Å². The zero-order valence-electron chi connectivity index (χ0n) is 30.0. The fourth-order valence-corrected chi connectivity index (χ4v) is 7.82. The second-order valence-corrected chi connectivity index (χ2v) is 13.9. The summed E-state index contributed by atoms with van der Waals surface area (Å²) < 4.78 is 9.03. The highest BCUT2D eigenvalue weighted by molar-refractivity contribution is 6.17. The SMILES string of the molecule is c1ccc(-c2cnc(-c3ccc4c(c3)oc3cc5c(cc34)c3ccccc3n5-c3ccccc3)c(-c3nc(-c4ccccc4)nc(-c4ccccc4)n3)c2)cc1. The normalized spacial score (nSPS) is 11.6. The average molecular weight is 718 g/mol. The molecule has 0 aliphatic heterocycles. The van der Waals surface area contributed by atoms with Crippen LogP contribution < -0.4 is 0 Å². The van der Waals surface area contributed by atoms with Crippen LogP contribution in [0.4, 0.5) is 0 Å². The summed E-state index contributed by atoms with van der Waals surface area (Å²) in [6, 6.07) is 62.4. The van der Waals surface area contributed by atoms with E-state index >= 15 is 0 Å². The number of hydrogen-bond donors (Lipinski definition) is 0. The third kappa shape index (κ3) is 5.35. The van der Waals surface area contributed by atoms with Gasteiger partial charge >= 0.3 is 0 Å². The lowest BCUT2D eigenvalue weighted by atomic mass is 9.99. The molecule has 6 nitrogen and oxygen atoms in total. The summed E-state index contributed by atoms with van der Waals surface area (Å²) in [6.07, 6.45) is 1.93. The summed E-state index contributed by atoms with van der Waals surface area (Å²) >= 11 is 0. The van der Waals surface area contributed by atoms with Gasteiger partial charge in [-0.2, -0.15) is 0 Å². The van der Waals surface area contributed by atoms with E-state index in [2.05, 4.69) is 102 Å². The van der Waals surface area contributed by atoms with Crippen LogP contribution in [-0.4, -0.2) is 24.5 Å². The molecule has 0 saturated heterocycles. The Hall–Kier alpha value is -7.70. The number of para-hydroxylation sites is 2. The van der Waals surface area contributed by atoms with Crippen molar-refractivity contribution in [1.29, 1.82) is 0 Å². The number of aromatic nitrogens is 5. The van der Waals surface area contributed by atoms with Gasteiger partial charge in [-0.3, -0.25) is 4.98 Å². The molecule has 0 spiro atoms. The Kier molecular flexibility index (Phi) is 7.38. The molecule has 6 heteroatoms. The minimum Gasteiger partial charge on any atom is -0.456 e. The number of hydrogen-bond acceptors (Lipinski definition) is 5. The van der Waals surface area contributed by atoms with Gasteiger partial charge in [0, 0.05) is 67.3 Å². The van der Waals surface area contributed by atoms with E-state index in [9.17, 15) is 0 Å². The van der Waals surface area contributed by atoms with Crippen LogP contribution in [0, 0.1) is 0 Å². The van der Waals surface area contributed by atoms with Gasteiger partial charge in [0.1, 0.15) is 11.2 Å². The van der Waals surface area contributed by atoms with Crippen molar-refractivity contribution in [3.63, 3.8) is 0 Å². The molecule has 0 bridgehead atoms. The monoisotopic (exact) mass is 717 g/mol. The van der Waals surface area contributed by atoms with Crippen LogP contribution in [0.15, 0.2) is 193 Å². The predicted octanol–water partition coefficient (Wildman–Crippen LogP) is 12.6. The third-order valence-electron chi connectivity index (χ3n) is 10.5. The highest BCUT2D eigenvalue weighted by Gasteiger charge is 2.20. The molecule has 0 saturated carbocycles. The van der Waals surface area contributed by atoms with Gasteiger partial charge in [0.15, 0.2) is 17.5 Å². The van der Waals surface area contributed by atoms with Crippen molar-refractivity contribution in [2.75, 3.05) is 0 Å². The number of furan rings is 1. The Morgan fingerprint density at radius 1 is 0.375 bits per heavy atom. The molecular weight excluding hydrogens is 687 g/mol. The van der Waals surface area contributed by atoms with E-state index in [0.717, 1.165) is 77.7 Å². The fourth-order valence-electron chi connectivity index (χ4n) is 7.82. The van der Waals surface area contributed by atoms with E-state index in [1.54, 1.807) is 0 Å². The maximum atomic E-state index is 6.72. The van der Waals surface area contributed by atoms with Crippen LogP contribution >= 0.6 is 0 Å². The van der Waals surface area contributed by atoms with Crippen LogP contribution in [0.1, 0.15) is 0 Å². The number of fused-ring (bicyclic) bond motifs is 6. The molecule has 0 unspecified atom stereocenters. The van der Waals surface area contributed by atoms with Gasteiger partial charge in [0.25, 0.3) is 0 Å². The third-order valence-corrected chi connectivity index (χ3v) is 10.5. The average Bonchev–Trinajstić information content (AvgIpc) is 3.80. The lowest BCUT2D eigenvalue weighted by molar-refractivity contribution is 0.669. The Bertz CT molecular complexity index is 3170. The summed E-state index contributed by atoms with van der Waals surface area (Å²) in [5.74, 6) is 1.73. The minimum absolute atomic E-state index is 0.541. The summed E-state index contributed by atoms with van der Waals surface area (Å²) in [4.78, 5) is 20.3. The number of nitrogens with zero attached hydrogens (tertiary/aromatic N) is 5. The topological polar surface area (TPSA) is 69.6 Å². The molecule has 7 aromatic carbocycles. The van der Waals surface area contributed by atoms with Crippen LogP contribution in [0.25, 0.3) is 106 Å². The van der Waals surface area contributed by atoms with Crippen LogP contribution in [0.3, 0.4) is 0 Å². The van der Waals surface area contributed by atoms with Gasteiger partial charge in [-0.1, -0.05) is 133 Å². The van der Waals surface area contributed by atoms with Gasteiger partial charge in [-0.25, -0.2) is 15.0 Å². The standard InChI is InChI=1S/C50H31N5O/c1-5-15-32(16-6-1)36-27-42(50-53-48(33-17-7-2-8-18-33)52-49(54-50)34-19-9-3-10-20-34)47(51-31-36)35-25-26-39-41-29-40-38-23-13-14-24-43(38)55(37-21-11-4-12-22-37)44(40)30-46(41)56-45(39)28-35/h1-31H. The Balaban J connectivity index is 1.12. The van der Waals surface area contributed by atoms with Crippen LogP contribution in [-0.2, 0) is 0 Å². The number of pyridine rings is 1. The first-order valence-corrected chi connectivity index (χ1v) is 18.6. The van der Waals surface area contributed by atoms with Crippen molar-refractivity contribution < 1.29 is 4.42 Å². The van der Waals surface area contributed by atoms with Crippen molar-refractivity contribution in [3.05, 3.63) is 188 Å². The summed E-state index contributed by atoms with van der Waals surface area (Å²) in [5.41, 5.74) is 11.3. The van der Waals surface area contributed by atoms with Crippen molar-refractivity contribution in [2.24, 2.45) is 0 Å². The molecular formula is C50H31N5O. The quantitative estimate of drug-likeness (QED) is 0.171. The Morgan fingerprint density at radius 2 is 0.964 bits per heavy atom. The van der Waals surface area contributed by atoms with Gasteiger partial charge < -0.3 is 8.98 Å². The molecule has 0 N–H and O–H groups in total. The molecule has 0 fully saturated rings. The molecule has 4 heterocycles. The van der Waals surface area contributed by atoms with E-state index in [0.29, 0.717) is 17.5 Å². The predicted molar refractivity (Wildman–Crippen MR) is 226 cm³/mol. The van der Waals surface area contributed by atoms with Crippen molar-refractivity contribution in [1.82, 2.24) is 24.5 Å². The molecule has 0 aliphatic carbocycles. The molecule has 11 aromatic rings. The lowest BCUT2D eigenvalue weighted by Gasteiger charge is -2.13. The van der Waals surface area contributed by atoms with Crippen molar-refractivity contribution in [2.45, 2.75) is 0 Å².